The number of halogens is 1. The summed E-state index contributed by atoms with van der Waals surface area (Å²) in [6.45, 7) is 0. The summed E-state index contributed by atoms with van der Waals surface area (Å²) in [6.07, 6.45) is 5.76. The molecule has 0 aliphatic carbocycles. The molecule has 5 nitrogen and oxygen atoms in total. The van der Waals surface area contributed by atoms with Gasteiger partial charge in [-0.05, 0) is 54.2 Å². The minimum atomic E-state index is -0.484. The minimum absolute atomic E-state index is 0.0376. The van der Waals surface area contributed by atoms with Gasteiger partial charge in [-0.1, -0.05) is 72.3 Å². The number of nitrogens with zero attached hydrogens (tertiary/aromatic N) is 2. The molecule has 1 aliphatic heterocycles. The first-order valence-electron chi connectivity index (χ1n) is 10.8. The Morgan fingerprint density at radius 2 is 1.74 bits per heavy atom. The highest BCUT2D eigenvalue weighted by molar-refractivity contribution is 7.80. The molecule has 1 aliphatic rings. The van der Waals surface area contributed by atoms with Crippen LogP contribution in [0.1, 0.15) is 5.56 Å². The van der Waals surface area contributed by atoms with Crippen LogP contribution in [0.2, 0.25) is 5.02 Å². The molecule has 0 unspecified atom stereocenters. The molecule has 1 aromatic heterocycles. The van der Waals surface area contributed by atoms with Gasteiger partial charge in [-0.15, -0.1) is 0 Å². The van der Waals surface area contributed by atoms with Crippen LogP contribution in [0, 0.1) is 0 Å². The highest BCUT2D eigenvalue weighted by Gasteiger charge is 2.47. The lowest BCUT2D eigenvalue weighted by Crippen LogP contribution is -2.70. The highest BCUT2D eigenvalue weighted by atomic mass is 35.5. The first-order valence-corrected chi connectivity index (χ1v) is 11.6. The fourth-order valence-corrected chi connectivity index (χ4v) is 4.45. The van der Waals surface area contributed by atoms with Crippen molar-refractivity contribution >= 4 is 63.2 Å². The lowest BCUT2D eigenvalue weighted by atomic mass is 9.92. The first kappa shape index (κ1) is 22.1. The SMILES string of the molecule is O=C1[C@H](NC(=S)Nc2ccnc3cc(Cl)ccc23)[C@H](/C=C/c2ccccc2)N1c1ccccc1. The molecule has 34 heavy (non-hydrogen) atoms. The van der Waals surface area contributed by atoms with Crippen molar-refractivity contribution in [3.05, 3.63) is 108 Å². The third-order valence-electron chi connectivity index (χ3n) is 5.70. The molecular formula is C27H21ClN4OS. The number of para-hydroxylation sites is 1. The van der Waals surface area contributed by atoms with Crippen molar-refractivity contribution < 1.29 is 4.79 Å². The lowest BCUT2D eigenvalue weighted by Gasteiger charge is -2.46. The number of hydrogen-bond acceptors (Lipinski definition) is 3. The third-order valence-corrected chi connectivity index (χ3v) is 6.16. The van der Waals surface area contributed by atoms with Crippen molar-refractivity contribution in [1.29, 1.82) is 0 Å². The molecule has 0 bridgehead atoms. The van der Waals surface area contributed by atoms with Crippen LogP contribution in [-0.2, 0) is 4.79 Å². The number of benzene rings is 3. The van der Waals surface area contributed by atoms with Gasteiger partial charge >= 0.3 is 0 Å². The smallest absolute Gasteiger partial charge is 0.252 e. The van der Waals surface area contributed by atoms with Crippen molar-refractivity contribution in [1.82, 2.24) is 10.3 Å². The summed E-state index contributed by atoms with van der Waals surface area (Å²) in [6, 6.07) is 26.3. The van der Waals surface area contributed by atoms with Gasteiger partial charge in [-0.2, -0.15) is 0 Å². The van der Waals surface area contributed by atoms with Crippen LogP contribution in [0.15, 0.2) is 97.2 Å². The molecule has 2 heterocycles. The first-order chi connectivity index (χ1) is 16.6. The van der Waals surface area contributed by atoms with Crippen LogP contribution in [0.4, 0.5) is 11.4 Å². The third kappa shape index (κ3) is 4.51. The molecule has 3 aromatic carbocycles. The van der Waals surface area contributed by atoms with E-state index in [1.54, 1.807) is 17.2 Å². The Hall–Kier alpha value is -3.74. The monoisotopic (exact) mass is 484 g/mol. The van der Waals surface area contributed by atoms with Crippen LogP contribution < -0.4 is 15.5 Å². The van der Waals surface area contributed by atoms with E-state index in [9.17, 15) is 4.79 Å². The molecule has 7 heteroatoms. The van der Waals surface area contributed by atoms with Crippen molar-refractivity contribution in [2.75, 3.05) is 10.2 Å². The summed E-state index contributed by atoms with van der Waals surface area (Å²) in [7, 11) is 0. The second-order valence-corrected chi connectivity index (χ2v) is 8.74. The predicted molar refractivity (Wildman–Crippen MR) is 143 cm³/mol. The summed E-state index contributed by atoms with van der Waals surface area (Å²) in [5, 5.41) is 8.30. The number of rotatable bonds is 5. The van der Waals surface area contributed by atoms with Gasteiger partial charge in [0, 0.05) is 22.3 Å². The molecule has 5 rings (SSSR count). The zero-order chi connectivity index (χ0) is 23.5. The summed E-state index contributed by atoms with van der Waals surface area (Å²) >= 11 is 11.7. The number of fused-ring (bicyclic) bond motifs is 1. The average molecular weight is 485 g/mol. The van der Waals surface area contributed by atoms with Crippen molar-refractivity contribution in [2.45, 2.75) is 12.1 Å². The van der Waals surface area contributed by atoms with Crippen LogP contribution in [0.5, 0.6) is 0 Å². The van der Waals surface area contributed by atoms with Gasteiger partial charge in [-0.25, -0.2) is 0 Å². The van der Waals surface area contributed by atoms with E-state index in [0.717, 1.165) is 27.8 Å². The fraction of sp³-hybridized carbons (Fsp3) is 0.0741. The Morgan fingerprint density at radius 1 is 1.00 bits per heavy atom. The number of amides is 1. The zero-order valence-electron chi connectivity index (χ0n) is 18.1. The summed E-state index contributed by atoms with van der Waals surface area (Å²) in [5.41, 5.74) is 3.47. The molecule has 0 radical (unpaired) electrons. The average Bonchev–Trinajstić information content (AvgIpc) is 2.86. The Balaban J connectivity index is 1.37. The highest BCUT2D eigenvalue weighted by Crippen LogP contribution is 2.30. The fourth-order valence-electron chi connectivity index (χ4n) is 4.05. The Labute approximate surface area is 208 Å². The second kappa shape index (κ2) is 9.63. The van der Waals surface area contributed by atoms with Crippen molar-refractivity contribution in [3.8, 4) is 0 Å². The summed E-state index contributed by atoms with van der Waals surface area (Å²) in [5.74, 6) is -0.0376. The Kier molecular flexibility index (Phi) is 6.25. The van der Waals surface area contributed by atoms with Gasteiger partial charge in [-0.3, -0.25) is 9.78 Å². The van der Waals surface area contributed by atoms with E-state index in [2.05, 4.69) is 15.6 Å². The van der Waals surface area contributed by atoms with Crippen molar-refractivity contribution in [2.24, 2.45) is 0 Å². The Morgan fingerprint density at radius 3 is 2.50 bits per heavy atom. The maximum absolute atomic E-state index is 13.1. The number of carbonyl (C=O) groups is 1. The van der Waals surface area contributed by atoms with Gasteiger partial charge in [0.15, 0.2) is 5.11 Å². The van der Waals surface area contributed by atoms with Gasteiger partial charge in [0.2, 0.25) is 0 Å². The van der Waals surface area contributed by atoms with Crippen LogP contribution >= 0.6 is 23.8 Å². The van der Waals surface area contributed by atoms with E-state index in [0.29, 0.717) is 10.1 Å². The second-order valence-electron chi connectivity index (χ2n) is 7.90. The summed E-state index contributed by atoms with van der Waals surface area (Å²) in [4.78, 5) is 19.3. The topological polar surface area (TPSA) is 57.3 Å². The molecule has 2 N–H and O–H groups in total. The van der Waals surface area contributed by atoms with E-state index in [-0.39, 0.29) is 11.9 Å². The van der Waals surface area contributed by atoms with E-state index >= 15 is 0 Å². The molecule has 1 amide bonds. The quantitative estimate of drug-likeness (QED) is 0.282. The number of thiocarbonyl (C=S) groups is 1. The van der Waals surface area contributed by atoms with Gasteiger partial charge in [0.05, 0.1) is 17.2 Å². The van der Waals surface area contributed by atoms with Crippen LogP contribution in [0.3, 0.4) is 0 Å². The van der Waals surface area contributed by atoms with Gasteiger partial charge in [0.1, 0.15) is 6.04 Å². The zero-order valence-corrected chi connectivity index (χ0v) is 19.6. The number of pyridine rings is 1. The van der Waals surface area contributed by atoms with Crippen molar-refractivity contribution in [3.63, 3.8) is 0 Å². The van der Waals surface area contributed by atoms with Crippen LogP contribution in [-0.4, -0.2) is 28.1 Å². The number of carbonyl (C=O) groups excluding carboxylic acids is 1. The molecule has 1 saturated heterocycles. The number of β-lactam (4-membered cyclic amide) rings is 1. The minimum Gasteiger partial charge on any atom is -0.349 e. The van der Waals surface area contributed by atoms with Gasteiger partial charge < -0.3 is 15.5 Å². The maximum Gasteiger partial charge on any atom is 0.252 e. The van der Waals surface area contributed by atoms with E-state index in [4.69, 9.17) is 23.8 Å². The number of anilines is 2. The largest absolute Gasteiger partial charge is 0.349 e. The maximum atomic E-state index is 13.1. The van der Waals surface area contributed by atoms with E-state index < -0.39 is 6.04 Å². The van der Waals surface area contributed by atoms with E-state index in [1.807, 2.05) is 91.0 Å². The standard InChI is InChI=1S/C27H21ClN4OS/c28-19-12-13-21-22(15-16-29-23(21)17-19)30-27(34)31-25-24(14-11-18-7-3-1-4-8-18)32(26(25)33)20-9-5-2-6-10-20/h1-17,24-25H,(H2,29,30,31,34)/b14-11+/t24-,25+/m0/s1. The normalized spacial score (nSPS) is 17.6. The molecule has 0 spiro atoms. The number of nitrogens with one attached hydrogen (secondary N) is 2. The molecular weight excluding hydrogens is 464 g/mol. The number of hydrogen-bond donors (Lipinski definition) is 2. The Bertz CT molecular complexity index is 1380. The molecule has 168 valence electrons. The summed E-state index contributed by atoms with van der Waals surface area (Å²) < 4.78 is 0. The van der Waals surface area contributed by atoms with Crippen LogP contribution in [0.25, 0.3) is 17.0 Å². The number of aromatic nitrogens is 1. The predicted octanol–water partition coefficient (Wildman–Crippen LogP) is 5.67. The van der Waals surface area contributed by atoms with E-state index in [1.165, 1.54) is 0 Å². The molecule has 2 atom stereocenters. The lowest BCUT2D eigenvalue weighted by molar-refractivity contribution is -0.125. The molecule has 1 fully saturated rings. The molecule has 4 aromatic rings. The molecule has 0 saturated carbocycles. The van der Waals surface area contributed by atoms with Gasteiger partial charge in [0.25, 0.3) is 5.91 Å².